The number of hydrogen-bond acceptors (Lipinski definition) is 2. The average Bonchev–Trinajstić information content (AvgIpc) is 2.27. The highest BCUT2D eigenvalue weighted by atomic mass is 28.5. The third-order valence-corrected chi connectivity index (χ3v) is 11.5. The predicted octanol–water partition coefficient (Wildman–Crippen LogP) is 2.69. The van der Waals surface area contributed by atoms with Crippen molar-refractivity contribution in [2.75, 3.05) is 0 Å². The fraction of sp³-hybridized carbons (Fsp3) is 0.429. The Morgan fingerprint density at radius 1 is 1.05 bits per heavy atom. The number of allylic oxidation sites excluding steroid dienone is 1. The van der Waals surface area contributed by atoms with Crippen molar-refractivity contribution in [2.45, 2.75) is 39.2 Å². The third-order valence-electron chi connectivity index (χ3n) is 2.78. The maximum Gasteiger partial charge on any atom is 0.348 e. The second kappa shape index (κ2) is 7.35. The molecule has 106 valence electrons. The topological polar surface area (TPSA) is 18.5 Å². The van der Waals surface area contributed by atoms with Crippen LogP contribution in [0.1, 0.15) is 5.56 Å². The summed E-state index contributed by atoms with van der Waals surface area (Å²) in [6, 6.07) is 8.69. The van der Waals surface area contributed by atoms with Crippen molar-refractivity contribution in [3.05, 3.63) is 42.5 Å². The smallest absolute Gasteiger partial charge is 0.348 e. The van der Waals surface area contributed by atoms with Crippen molar-refractivity contribution in [1.29, 1.82) is 0 Å². The summed E-state index contributed by atoms with van der Waals surface area (Å²) in [6.45, 7) is 14.8. The molecule has 0 amide bonds. The predicted molar refractivity (Wildman–Crippen MR) is 91.5 cm³/mol. The summed E-state index contributed by atoms with van der Waals surface area (Å²) in [6.07, 6.45) is 2.85. The van der Waals surface area contributed by atoms with Crippen LogP contribution in [0.25, 0.3) is 0 Å². The average molecular weight is 311 g/mol. The van der Waals surface area contributed by atoms with Crippen LogP contribution < -0.4 is 5.19 Å². The Morgan fingerprint density at radius 3 is 1.89 bits per heavy atom. The van der Waals surface area contributed by atoms with Crippen molar-refractivity contribution >= 4 is 31.8 Å². The summed E-state index contributed by atoms with van der Waals surface area (Å²) in [5.74, 6) is 0. The molecule has 0 fully saturated rings. The van der Waals surface area contributed by atoms with Crippen molar-refractivity contribution in [3.63, 3.8) is 0 Å². The van der Waals surface area contributed by atoms with E-state index in [1.165, 1.54) is 10.8 Å². The van der Waals surface area contributed by atoms with Crippen LogP contribution in [0.15, 0.2) is 36.9 Å². The van der Waals surface area contributed by atoms with E-state index in [9.17, 15) is 0 Å². The second-order valence-corrected chi connectivity index (χ2v) is 14.0. The zero-order valence-electron chi connectivity index (χ0n) is 12.8. The van der Waals surface area contributed by atoms with Crippen LogP contribution in [-0.2, 0) is 14.7 Å². The van der Waals surface area contributed by atoms with Crippen LogP contribution in [0.5, 0.6) is 0 Å². The van der Waals surface area contributed by atoms with E-state index >= 15 is 0 Å². The summed E-state index contributed by atoms with van der Waals surface area (Å²) in [5, 5.41) is 1.25. The van der Waals surface area contributed by atoms with Crippen molar-refractivity contribution in [2.24, 2.45) is 0 Å². The van der Waals surface area contributed by atoms with Gasteiger partial charge in [-0.1, -0.05) is 30.3 Å². The Kier molecular flexibility index (Phi) is 6.42. The Labute approximate surface area is 122 Å². The van der Waals surface area contributed by atoms with Gasteiger partial charge in [0, 0.05) is 0 Å². The van der Waals surface area contributed by atoms with Gasteiger partial charge in [0.1, 0.15) is 0 Å². The van der Waals surface area contributed by atoms with Crippen molar-refractivity contribution in [3.8, 4) is 0 Å². The Morgan fingerprint density at radius 2 is 1.53 bits per heavy atom. The molecular weight excluding hydrogens is 284 g/mol. The fourth-order valence-electron chi connectivity index (χ4n) is 2.17. The highest BCUT2D eigenvalue weighted by molar-refractivity contribution is 6.88. The molecule has 2 nitrogen and oxygen atoms in total. The van der Waals surface area contributed by atoms with Crippen LogP contribution in [0.4, 0.5) is 0 Å². The zero-order valence-corrected chi connectivity index (χ0v) is 16.1. The van der Waals surface area contributed by atoms with Crippen molar-refractivity contribution < 1.29 is 8.23 Å². The second-order valence-electron chi connectivity index (χ2n) is 5.47. The van der Waals surface area contributed by atoms with E-state index in [1.54, 1.807) is 0 Å². The molecular formula is C14H26O2Si3. The molecule has 0 aromatic heterocycles. The van der Waals surface area contributed by atoms with Gasteiger partial charge in [0.05, 0.1) is 0 Å². The molecule has 5 heteroatoms. The highest BCUT2D eigenvalue weighted by Gasteiger charge is 2.35. The SMILES string of the molecule is C=CCc1ccc([Si](C)(O[SiH](C)C)O[SiH](C)C)cc1. The highest BCUT2D eigenvalue weighted by Crippen LogP contribution is 2.13. The molecule has 1 rings (SSSR count). The van der Waals surface area contributed by atoms with Gasteiger partial charge in [-0.2, -0.15) is 0 Å². The Bertz CT molecular complexity index is 392. The third kappa shape index (κ3) is 5.19. The molecule has 0 heterocycles. The minimum atomic E-state index is -2.20. The summed E-state index contributed by atoms with van der Waals surface area (Å²) >= 11 is 0. The zero-order chi connectivity index (χ0) is 14.5. The molecule has 0 spiro atoms. The summed E-state index contributed by atoms with van der Waals surface area (Å²) in [4.78, 5) is 0. The first-order chi connectivity index (χ1) is 8.87. The van der Waals surface area contributed by atoms with E-state index in [4.69, 9.17) is 8.23 Å². The largest absolute Gasteiger partial charge is 0.436 e. The normalized spacial score (nSPS) is 12.2. The van der Waals surface area contributed by atoms with E-state index < -0.39 is 26.6 Å². The van der Waals surface area contributed by atoms with Crippen LogP contribution in [0, 0.1) is 0 Å². The van der Waals surface area contributed by atoms with Gasteiger partial charge in [0.25, 0.3) is 0 Å². The summed E-state index contributed by atoms with van der Waals surface area (Å²) in [7, 11) is -4.41. The molecule has 0 radical (unpaired) electrons. The molecule has 1 aromatic rings. The quantitative estimate of drug-likeness (QED) is 0.569. The van der Waals surface area contributed by atoms with Crippen LogP contribution in [0.3, 0.4) is 0 Å². The summed E-state index contributed by atoms with van der Waals surface area (Å²) in [5.41, 5.74) is 1.29. The lowest BCUT2D eigenvalue weighted by atomic mass is 10.2. The van der Waals surface area contributed by atoms with E-state index in [1.807, 2.05) is 6.08 Å². The van der Waals surface area contributed by atoms with E-state index in [0.29, 0.717) is 0 Å². The Balaban J connectivity index is 2.99. The maximum absolute atomic E-state index is 6.30. The minimum absolute atomic E-state index is 0.915. The lowest BCUT2D eigenvalue weighted by Gasteiger charge is -2.32. The lowest BCUT2D eigenvalue weighted by molar-refractivity contribution is 0.424. The molecule has 0 atom stereocenters. The molecule has 0 unspecified atom stereocenters. The van der Waals surface area contributed by atoms with Gasteiger partial charge in [0.2, 0.25) is 0 Å². The first-order valence-corrected chi connectivity index (χ1v) is 14.8. The molecule has 0 aliphatic carbocycles. The monoisotopic (exact) mass is 310 g/mol. The van der Waals surface area contributed by atoms with Gasteiger partial charge in [0.15, 0.2) is 18.1 Å². The standard InChI is InChI=1S/C14H26O2Si3/c1-7-8-13-9-11-14(12-10-13)19(6,15-17(2)3)16-18(4)5/h7,9-12,17-18H,1,8H2,2-6H3. The molecule has 0 saturated carbocycles. The van der Waals surface area contributed by atoms with Crippen LogP contribution >= 0.6 is 0 Å². The number of rotatable bonds is 7. The van der Waals surface area contributed by atoms with Crippen LogP contribution in [-0.4, -0.2) is 26.6 Å². The molecule has 1 aromatic carbocycles. The molecule has 19 heavy (non-hydrogen) atoms. The van der Waals surface area contributed by atoms with Gasteiger partial charge in [-0.15, -0.1) is 6.58 Å². The first kappa shape index (κ1) is 16.6. The molecule has 0 aliphatic heterocycles. The van der Waals surface area contributed by atoms with Gasteiger partial charge >= 0.3 is 8.56 Å². The van der Waals surface area contributed by atoms with E-state index in [2.05, 4.69) is 63.6 Å². The Hall–Kier alpha value is -0.469. The number of benzene rings is 1. The van der Waals surface area contributed by atoms with E-state index in [0.717, 1.165) is 6.42 Å². The van der Waals surface area contributed by atoms with Gasteiger partial charge < -0.3 is 8.23 Å². The lowest BCUT2D eigenvalue weighted by Crippen LogP contribution is -2.55. The van der Waals surface area contributed by atoms with Crippen LogP contribution in [0.2, 0.25) is 32.7 Å². The van der Waals surface area contributed by atoms with Crippen molar-refractivity contribution in [1.82, 2.24) is 0 Å². The molecule has 0 aliphatic rings. The molecule has 0 saturated heterocycles. The maximum atomic E-state index is 6.30. The summed E-state index contributed by atoms with van der Waals surface area (Å²) < 4.78 is 12.6. The van der Waals surface area contributed by atoms with Gasteiger partial charge in [-0.05, 0) is 49.9 Å². The molecule has 0 bridgehead atoms. The molecule has 0 N–H and O–H groups in total. The number of hydrogen-bond donors (Lipinski definition) is 0. The first-order valence-electron chi connectivity index (χ1n) is 6.93. The van der Waals surface area contributed by atoms with Gasteiger partial charge in [-0.25, -0.2) is 0 Å². The van der Waals surface area contributed by atoms with E-state index in [-0.39, 0.29) is 0 Å². The van der Waals surface area contributed by atoms with Gasteiger partial charge in [-0.3, -0.25) is 0 Å². The fourth-order valence-corrected chi connectivity index (χ4v) is 12.0. The minimum Gasteiger partial charge on any atom is -0.436 e.